The molecule has 2 aliphatic rings. The molecule has 1 aromatic rings. The van der Waals surface area contributed by atoms with Gasteiger partial charge in [-0.05, 0) is 37.3 Å². The molecule has 1 aromatic carbocycles. The van der Waals surface area contributed by atoms with Gasteiger partial charge in [0.1, 0.15) is 11.5 Å². The minimum absolute atomic E-state index is 0.0592. The predicted octanol–water partition coefficient (Wildman–Crippen LogP) is 2.02. The standard InChI is InChI=1S/C21H25F3N4O4/c1-3-15(12-18-14(2)26-20(30)31-18)25-13-19(29)28-10-8-27(9-11-28)16-4-6-17(7-5-16)32-21(22,23)24/h3-7,12,20,25-26,30H,1,8-11,13H2,2H3/b15-12+. The number of carbonyl (C=O) groups excluding carboxylic acids is 1. The van der Waals surface area contributed by atoms with E-state index in [1.807, 2.05) is 4.90 Å². The van der Waals surface area contributed by atoms with E-state index in [4.69, 9.17) is 4.74 Å². The summed E-state index contributed by atoms with van der Waals surface area (Å²) >= 11 is 0. The van der Waals surface area contributed by atoms with Gasteiger partial charge in [0.15, 0.2) is 0 Å². The summed E-state index contributed by atoms with van der Waals surface area (Å²) in [4.78, 5) is 16.3. The molecule has 8 nitrogen and oxygen atoms in total. The smallest absolute Gasteiger partial charge is 0.445 e. The fourth-order valence-corrected chi connectivity index (χ4v) is 3.32. The Morgan fingerprint density at radius 3 is 2.50 bits per heavy atom. The Balaban J connectivity index is 1.48. The zero-order valence-electron chi connectivity index (χ0n) is 17.5. The van der Waals surface area contributed by atoms with E-state index in [1.165, 1.54) is 12.1 Å². The lowest BCUT2D eigenvalue weighted by Crippen LogP contribution is -2.50. The topological polar surface area (TPSA) is 86.3 Å². The van der Waals surface area contributed by atoms with Crippen molar-refractivity contribution in [3.8, 4) is 5.75 Å². The van der Waals surface area contributed by atoms with Crippen LogP contribution in [-0.2, 0) is 9.53 Å². The van der Waals surface area contributed by atoms with E-state index in [2.05, 4.69) is 21.9 Å². The maximum atomic E-state index is 12.6. The summed E-state index contributed by atoms with van der Waals surface area (Å²) in [6.45, 7) is 7.60. The van der Waals surface area contributed by atoms with Gasteiger partial charge in [0.2, 0.25) is 5.91 Å². The van der Waals surface area contributed by atoms with Gasteiger partial charge in [-0.15, -0.1) is 13.2 Å². The number of benzene rings is 1. The summed E-state index contributed by atoms with van der Waals surface area (Å²) in [6, 6.07) is 5.67. The Morgan fingerprint density at radius 1 is 1.31 bits per heavy atom. The number of allylic oxidation sites excluding steroid dienone is 3. The summed E-state index contributed by atoms with van der Waals surface area (Å²) in [6.07, 6.45) is -2.63. The Kier molecular flexibility index (Phi) is 7.18. The highest BCUT2D eigenvalue weighted by Gasteiger charge is 2.31. The first kappa shape index (κ1) is 23.3. The number of rotatable bonds is 7. The van der Waals surface area contributed by atoms with Gasteiger partial charge < -0.3 is 35.0 Å². The van der Waals surface area contributed by atoms with Crippen LogP contribution in [0.4, 0.5) is 18.9 Å². The number of ether oxygens (including phenoxy) is 2. The molecule has 3 N–H and O–H groups in total. The summed E-state index contributed by atoms with van der Waals surface area (Å²) in [5, 5.41) is 15.2. The third-order valence-corrected chi connectivity index (χ3v) is 4.97. The van der Waals surface area contributed by atoms with Gasteiger partial charge in [0.25, 0.3) is 6.41 Å². The van der Waals surface area contributed by atoms with E-state index >= 15 is 0 Å². The van der Waals surface area contributed by atoms with Gasteiger partial charge >= 0.3 is 6.36 Å². The van der Waals surface area contributed by atoms with Crippen molar-refractivity contribution in [2.24, 2.45) is 0 Å². The second-order valence-electron chi connectivity index (χ2n) is 7.17. The molecule has 1 amide bonds. The maximum absolute atomic E-state index is 12.6. The van der Waals surface area contributed by atoms with Gasteiger partial charge in [0.05, 0.1) is 12.2 Å². The van der Waals surface area contributed by atoms with Gasteiger partial charge in [-0.1, -0.05) is 6.58 Å². The van der Waals surface area contributed by atoms with Crippen LogP contribution in [0.2, 0.25) is 0 Å². The summed E-state index contributed by atoms with van der Waals surface area (Å²) in [5.41, 5.74) is 2.00. The first-order valence-corrected chi connectivity index (χ1v) is 9.93. The van der Waals surface area contributed by atoms with Crippen LogP contribution in [0, 0.1) is 0 Å². The monoisotopic (exact) mass is 454 g/mol. The predicted molar refractivity (Wildman–Crippen MR) is 111 cm³/mol. The van der Waals surface area contributed by atoms with Crippen LogP contribution >= 0.6 is 0 Å². The normalized spacial score (nSPS) is 19.4. The Bertz CT molecular complexity index is 891. The average Bonchev–Trinajstić information content (AvgIpc) is 3.07. The number of aliphatic hydroxyl groups excluding tert-OH is 1. The highest BCUT2D eigenvalue weighted by molar-refractivity contribution is 5.79. The first-order valence-electron chi connectivity index (χ1n) is 9.93. The maximum Gasteiger partial charge on any atom is 0.573 e. The van der Waals surface area contributed by atoms with Crippen LogP contribution in [0.25, 0.3) is 0 Å². The minimum atomic E-state index is -4.72. The molecule has 1 fully saturated rings. The van der Waals surface area contributed by atoms with Gasteiger partial charge in [-0.3, -0.25) is 4.79 Å². The van der Waals surface area contributed by atoms with Crippen molar-refractivity contribution in [1.29, 1.82) is 0 Å². The number of carbonyl (C=O) groups is 1. The third kappa shape index (κ3) is 6.33. The zero-order valence-corrected chi connectivity index (χ0v) is 17.5. The van der Waals surface area contributed by atoms with Crippen molar-refractivity contribution in [2.75, 3.05) is 37.6 Å². The number of hydrogen-bond donors (Lipinski definition) is 3. The molecular formula is C21H25F3N4O4. The molecule has 11 heteroatoms. The quantitative estimate of drug-likeness (QED) is 0.544. The molecule has 0 radical (unpaired) electrons. The third-order valence-electron chi connectivity index (χ3n) is 4.97. The van der Waals surface area contributed by atoms with E-state index in [0.717, 1.165) is 5.69 Å². The number of aliphatic hydroxyl groups is 1. The molecule has 174 valence electrons. The molecule has 1 atom stereocenters. The van der Waals surface area contributed by atoms with E-state index in [-0.39, 0.29) is 18.2 Å². The van der Waals surface area contributed by atoms with Crippen LogP contribution in [0.5, 0.6) is 5.75 Å². The van der Waals surface area contributed by atoms with Crippen LogP contribution < -0.4 is 20.3 Å². The summed E-state index contributed by atoms with van der Waals surface area (Å²) in [5.74, 6) is 0.0848. The van der Waals surface area contributed by atoms with Crippen LogP contribution in [0.3, 0.4) is 0 Å². The molecule has 0 bridgehead atoms. The van der Waals surface area contributed by atoms with Gasteiger partial charge in [-0.2, -0.15) is 0 Å². The average molecular weight is 454 g/mol. The summed E-state index contributed by atoms with van der Waals surface area (Å²) in [7, 11) is 0. The molecule has 32 heavy (non-hydrogen) atoms. The van der Waals surface area contributed by atoms with Crippen LogP contribution in [-0.4, -0.2) is 61.4 Å². The second-order valence-corrected chi connectivity index (χ2v) is 7.17. The van der Waals surface area contributed by atoms with Crippen molar-refractivity contribution in [2.45, 2.75) is 19.7 Å². The number of nitrogens with zero attached hydrogens (tertiary/aromatic N) is 2. The SMILES string of the molecule is C=C/C(=C\C1=C(C)NC(O)O1)NCC(=O)N1CCN(c2ccc(OC(F)(F)F)cc2)CC1. The van der Waals surface area contributed by atoms with E-state index in [9.17, 15) is 23.1 Å². The lowest BCUT2D eigenvalue weighted by Gasteiger charge is -2.36. The van der Waals surface area contributed by atoms with Crippen molar-refractivity contribution in [1.82, 2.24) is 15.5 Å². The zero-order chi connectivity index (χ0) is 23.3. The number of piperazine rings is 1. The van der Waals surface area contributed by atoms with Crippen molar-refractivity contribution in [3.63, 3.8) is 0 Å². The fraction of sp³-hybridized carbons (Fsp3) is 0.381. The number of hydrogen-bond acceptors (Lipinski definition) is 7. The highest BCUT2D eigenvalue weighted by atomic mass is 19.4. The van der Waals surface area contributed by atoms with Crippen molar-refractivity contribution >= 4 is 11.6 Å². The lowest BCUT2D eigenvalue weighted by atomic mass is 10.2. The number of anilines is 1. The molecule has 3 rings (SSSR count). The summed E-state index contributed by atoms with van der Waals surface area (Å²) < 4.78 is 45.9. The molecular weight excluding hydrogens is 429 g/mol. The number of halogens is 3. The van der Waals surface area contributed by atoms with Gasteiger partial charge in [0, 0.05) is 43.6 Å². The Hall–Kier alpha value is -3.34. The minimum Gasteiger partial charge on any atom is -0.445 e. The fourth-order valence-electron chi connectivity index (χ4n) is 3.32. The largest absolute Gasteiger partial charge is 0.573 e. The number of alkyl halides is 3. The van der Waals surface area contributed by atoms with Crippen molar-refractivity contribution in [3.05, 3.63) is 60.1 Å². The Labute approximate surface area is 183 Å². The molecule has 0 spiro atoms. The van der Waals surface area contributed by atoms with Gasteiger partial charge in [-0.25, -0.2) is 0 Å². The van der Waals surface area contributed by atoms with E-state index in [1.54, 1.807) is 36.1 Å². The molecule has 2 heterocycles. The molecule has 0 aromatic heterocycles. The van der Waals surface area contributed by atoms with Crippen LogP contribution in [0.1, 0.15) is 6.92 Å². The highest BCUT2D eigenvalue weighted by Crippen LogP contribution is 2.26. The number of nitrogens with one attached hydrogen (secondary N) is 2. The molecule has 1 saturated heterocycles. The van der Waals surface area contributed by atoms with E-state index in [0.29, 0.717) is 43.3 Å². The molecule has 2 aliphatic heterocycles. The molecule has 1 unspecified atom stereocenters. The first-order chi connectivity index (χ1) is 15.1. The number of amides is 1. The second kappa shape index (κ2) is 9.86. The van der Waals surface area contributed by atoms with Crippen molar-refractivity contribution < 1.29 is 32.5 Å². The lowest BCUT2D eigenvalue weighted by molar-refractivity contribution is -0.274. The van der Waals surface area contributed by atoms with Crippen LogP contribution in [0.15, 0.2) is 60.1 Å². The molecule has 0 aliphatic carbocycles. The Morgan fingerprint density at radius 2 is 1.97 bits per heavy atom. The van der Waals surface area contributed by atoms with E-state index < -0.39 is 12.8 Å². The molecule has 0 saturated carbocycles.